The van der Waals surface area contributed by atoms with Gasteiger partial charge in [-0.3, -0.25) is 9.59 Å². The van der Waals surface area contributed by atoms with Crippen LogP contribution in [0.3, 0.4) is 0 Å². The van der Waals surface area contributed by atoms with E-state index in [0.717, 1.165) is 30.6 Å². The fourth-order valence-electron chi connectivity index (χ4n) is 3.30. The normalized spacial score (nSPS) is 19.0. The van der Waals surface area contributed by atoms with Crippen molar-refractivity contribution in [2.24, 2.45) is 0 Å². The molecular formula is C16H24N2O3. The van der Waals surface area contributed by atoms with Gasteiger partial charge >= 0.3 is 0 Å². The molecule has 21 heavy (non-hydrogen) atoms. The van der Waals surface area contributed by atoms with Crippen molar-refractivity contribution in [3.8, 4) is 5.75 Å². The Labute approximate surface area is 125 Å². The van der Waals surface area contributed by atoms with Gasteiger partial charge in [0.15, 0.2) is 11.4 Å². The van der Waals surface area contributed by atoms with Gasteiger partial charge in [0.05, 0.1) is 13.2 Å². The zero-order valence-electron chi connectivity index (χ0n) is 13.5. The number of methoxy groups -OCH3 is 1. The zero-order valence-corrected chi connectivity index (χ0v) is 13.5. The maximum Gasteiger partial charge on any atom is 0.274 e. The van der Waals surface area contributed by atoms with E-state index in [-0.39, 0.29) is 23.1 Å². The maximum atomic E-state index is 12.5. The summed E-state index contributed by atoms with van der Waals surface area (Å²) in [6.07, 6.45) is 1.86. The summed E-state index contributed by atoms with van der Waals surface area (Å²) >= 11 is 0. The third-order valence-corrected chi connectivity index (χ3v) is 4.31. The van der Waals surface area contributed by atoms with Crippen molar-refractivity contribution in [1.82, 2.24) is 9.47 Å². The first-order valence-corrected chi connectivity index (χ1v) is 7.71. The molecule has 0 bridgehead atoms. The largest absolute Gasteiger partial charge is 0.491 e. The van der Waals surface area contributed by atoms with E-state index in [2.05, 4.69) is 0 Å². The van der Waals surface area contributed by atoms with Gasteiger partial charge < -0.3 is 14.2 Å². The lowest BCUT2D eigenvalue weighted by molar-refractivity contribution is 0.0677. The third kappa shape index (κ3) is 2.15. The van der Waals surface area contributed by atoms with Crippen molar-refractivity contribution in [2.75, 3.05) is 20.2 Å². The number of hydrogen-bond acceptors (Lipinski definition) is 3. The summed E-state index contributed by atoms with van der Waals surface area (Å²) in [6.45, 7) is 9.19. The number of rotatable bonds is 2. The van der Waals surface area contributed by atoms with Gasteiger partial charge in [0.1, 0.15) is 0 Å². The molecule has 1 aromatic heterocycles. The number of carbonyl (C=O) groups is 1. The number of aromatic nitrogens is 1. The summed E-state index contributed by atoms with van der Waals surface area (Å²) in [5, 5.41) is 0. The summed E-state index contributed by atoms with van der Waals surface area (Å²) in [4.78, 5) is 26.6. The van der Waals surface area contributed by atoms with Crippen molar-refractivity contribution >= 4 is 5.91 Å². The van der Waals surface area contributed by atoms with E-state index < -0.39 is 0 Å². The second-order valence-corrected chi connectivity index (χ2v) is 5.19. The van der Waals surface area contributed by atoms with E-state index in [9.17, 15) is 9.59 Å². The van der Waals surface area contributed by atoms with E-state index in [4.69, 9.17) is 4.74 Å². The molecule has 5 heteroatoms. The summed E-state index contributed by atoms with van der Waals surface area (Å²) in [5.41, 5.74) is 2.04. The van der Waals surface area contributed by atoms with Crippen LogP contribution in [0.4, 0.5) is 0 Å². The summed E-state index contributed by atoms with van der Waals surface area (Å²) in [5.74, 6) is 0.118. The van der Waals surface area contributed by atoms with Crippen LogP contribution in [-0.4, -0.2) is 35.6 Å². The van der Waals surface area contributed by atoms with Crippen LogP contribution in [0.2, 0.25) is 0 Å². The second kappa shape index (κ2) is 5.92. The molecule has 2 aliphatic rings. The fourth-order valence-corrected chi connectivity index (χ4v) is 3.30. The molecule has 3 heterocycles. The number of ether oxygens (including phenoxy) is 1. The number of amides is 1. The Kier molecular flexibility index (Phi) is 4.40. The molecule has 1 unspecified atom stereocenters. The Hall–Kier alpha value is -1.78. The molecule has 116 valence electrons. The molecule has 2 aliphatic heterocycles. The van der Waals surface area contributed by atoms with Crippen LogP contribution in [0.15, 0.2) is 4.79 Å². The van der Waals surface area contributed by atoms with Gasteiger partial charge in [0.2, 0.25) is 5.43 Å². The smallest absolute Gasteiger partial charge is 0.274 e. The highest BCUT2D eigenvalue weighted by atomic mass is 16.5. The van der Waals surface area contributed by atoms with Crippen molar-refractivity contribution < 1.29 is 9.53 Å². The molecule has 0 aromatic carbocycles. The molecule has 0 aliphatic carbocycles. The van der Waals surface area contributed by atoms with E-state index in [0.29, 0.717) is 12.2 Å². The van der Waals surface area contributed by atoms with Crippen LogP contribution >= 0.6 is 0 Å². The first kappa shape index (κ1) is 15.6. The van der Waals surface area contributed by atoms with Crippen LogP contribution in [0.1, 0.15) is 55.0 Å². The molecule has 5 nitrogen and oxygen atoms in total. The van der Waals surface area contributed by atoms with Crippen LogP contribution in [0, 0.1) is 6.92 Å². The van der Waals surface area contributed by atoms with Crippen molar-refractivity contribution in [1.29, 1.82) is 0 Å². The van der Waals surface area contributed by atoms with Gasteiger partial charge in [-0.1, -0.05) is 13.8 Å². The van der Waals surface area contributed by atoms with Gasteiger partial charge in [-0.15, -0.1) is 0 Å². The number of carbonyl (C=O) groups excluding carboxylic acids is 1. The topological polar surface area (TPSA) is 51.5 Å². The van der Waals surface area contributed by atoms with E-state index in [1.54, 1.807) is 4.90 Å². The van der Waals surface area contributed by atoms with E-state index >= 15 is 0 Å². The molecule has 1 aromatic rings. The second-order valence-electron chi connectivity index (χ2n) is 5.19. The lowest BCUT2D eigenvalue weighted by atomic mass is 10.1. The fraction of sp³-hybridized carbons (Fsp3) is 0.625. The van der Waals surface area contributed by atoms with Crippen LogP contribution < -0.4 is 10.2 Å². The predicted octanol–water partition coefficient (Wildman–Crippen LogP) is 2.15. The Morgan fingerprint density at radius 2 is 1.95 bits per heavy atom. The summed E-state index contributed by atoms with van der Waals surface area (Å²) < 4.78 is 7.28. The lowest BCUT2D eigenvalue weighted by Gasteiger charge is -2.34. The van der Waals surface area contributed by atoms with E-state index in [1.807, 2.05) is 32.3 Å². The summed E-state index contributed by atoms with van der Waals surface area (Å²) in [6, 6.07) is 0.288. The van der Waals surface area contributed by atoms with Crippen LogP contribution in [0.5, 0.6) is 5.75 Å². The molecule has 0 fully saturated rings. The monoisotopic (exact) mass is 292 g/mol. The Bertz CT molecular complexity index is 619. The van der Waals surface area contributed by atoms with Gasteiger partial charge in [0, 0.05) is 24.3 Å². The third-order valence-electron chi connectivity index (χ3n) is 4.31. The van der Waals surface area contributed by atoms with Gasteiger partial charge in [-0.05, 0) is 26.7 Å². The Balaban J connectivity index is 0.000000774. The van der Waals surface area contributed by atoms with Crippen molar-refractivity contribution in [3.63, 3.8) is 0 Å². The highest BCUT2D eigenvalue weighted by Crippen LogP contribution is 2.36. The highest BCUT2D eigenvalue weighted by Gasteiger charge is 2.39. The standard InChI is InChI=1S/C14H18N2O3.C2H6/c1-4-15-7-9-5-6-10-8(2)12(17)13(19-3)11(14(15)18)16(9)10;1-2/h9H,4-7H2,1-3H3;1-2H3. The van der Waals surface area contributed by atoms with Gasteiger partial charge in [-0.25, -0.2) is 0 Å². The van der Waals surface area contributed by atoms with Gasteiger partial charge in [0.25, 0.3) is 5.91 Å². The molecule has 0 saturated heterocycles. The minimum atomic E-state index is -0.143. The quantitative estimate of drug-likeness (QED) is 0.839. The minimum Gasteiger partial charge on any atom is -0.491 e. The molecular weight excluding hydrogens is 268 g/mol. The Morgan fingerprint density at radius 3 is 2.52 bits per heavy atom. The molecule has 1 amide bonds. The highest BCUT2D eigenvalue weighted by molar-refractivity contribution is 5.96. The summed E-state index contributed by atoms with van der Waals surface area (Å²) in [7, 11) is 1.46. The minimum absolute atomic E-state index is 0.0872. The lowest BCUT2D eigenvalue weighted by Crippen LogP contribution is -2.43. The van der Waals surface area contributed by atoms with E-state index in [1.165, 1.54) is 7.11 Å². The first-order valence-electron chi connectivity index (χ1n) is 7.71. The molecule has 0 radical (unpaired) electrons. The average Bonchev–Trinajstić information content (AvgIpc) is 2.93. The molecule has 3 rings (SSSR count). The SMILES string of the molecule is CC.CCN1CC2CCc3c(C)c(=O)c(OC)c(n32)C1=O. The zero-order chi connectivity index (χ0) is 15.7. The maximum absolute atomic E-state index is 12.5. The number of hydrogen-bond donors (Lipinski definition) is 0. The Morgan fingerprint density at radius 1 is 1.29 bits per heavy atom. The van der Waals surface area contributed by atoms with Crippen LogP contribution in [-0.2, 0) is 6.42 Å². The van der Waals surface area contributed by atoms with Crippen LogP contribution in [0.25, 0.3) is 0 Å². The number of nitrogens with zero attached hydrogens (tertiary/aromatic N) is 2. The molecule has 0 spiro atoms. The number of pyridine rings is 1. The first-order chi connectivity index (χ1) is 10.1. The van der Waals surface area contributed by atoms with Gasteiger partial charge in [-0.2, -0.15) is 0 Å². The molecule has 0 saturated carbocycles. The molecule has 1 atom stereocenters. The molecule has 0 N–H and O–H groups in total. The number of likely N-dealkylation sites (N-methyl/N-ethyl adjacent to an activating group) is 1. The van der Waals surface area contributed by atoms with Crippen molar-refractivity contribution in [2.45, 2.75) is 46.6 Å². The average molecular weight is 292 g/mol. The predicted molar refractivity (Wildman–Crippen MR) is 82.3 cm³/mol. The van der Waals surface area contributed by atoms with Crippen molar-refractivity contribution in [3.05, 3.63) is 27.2 Å².